The molecule has 3 aromatic rings. The molecule has 0 aliphatic heterocycles. The van der Waals surface area contributed by atoms with Crippen LogP contribution in [0.2, 0.25) is 0 Å². The van der Waals surface area contributed by atoms with Crippen molar-refractivity contribution in [2.75, 3.05) is 10.6 Å². The molecule has 1 atom stereocenters. The Kier molecular flexibility index (Phi) is 6.27. The number of anilines is 2. The van der Waals surface area contributed by atoms with E-state index in [0.717, 1.165) is 4.90 Å². The Morgan fingerprint density at radius 2 is 1.89 bits per heavy atom. The van der Waals surface area contributed by atoms with Crippen molar-refractivity contribution in [1.82, 2.24) is 4.98 Å². The van der Waals surface area contributed by atoms with E-state index in [9.17, 15) is 9.59 Å². The van der Waals surface area contributed by atoms with Crippen molar-refractivity contribution in [2.45, 2.75) is 23.5 Å². The van der Waals surface area contributed by atoms with Gasteiger partial charge in [-0.25, -0.2) is 0 Å². The predicted octanol–water partition coefficient (Wildman–Crippen LogP) is 4.44. The molecular weight excluding hydrogens is 362 g/mol. The largest absolute Gasteiger partial charge is 0.459 e. The second kappa shape index (κ2) is 9.05. The Morgan fingerprint density at radius 3 is 2.59 bits per heavy atom. The van der Waals surface area contributed by atoms with E-state index in [4.69, 9.17) is 4.42 Å². The molecule has 27 heavy (non-hydrogen) atoms. The lowest BCUT2D eigenvalue weighted by atomic mass is 10.3. The zero-order chi connectivity index (χ0) is 19.1. The molecule has 0 spiro atoms. The summed E-state index contributed by atoms with van der Waals surface area (Å²) < 4.78 is 5.09. The summed E-state index contributed by atoms with van der Waals surface area (Å²) in [6.07, 6.45) is 5.39. The molecule has 0 bridgehead atoms. The van der Waals surface area contributed by atoms with Crippen LogP contribution in [0.4, 0.5) is 11.4 Å². The molecule has 2 amide bonds. The zero-order valence-corrected chi connectivity index (χ0v) is 15.5. The summed E-state index contributed by atoms with van der Waals surface area (Å²) in [5, 5.41) is 5.43. The number of thioether (sulfide) groups is 1. The molecule has 2 aromatic heterocycles. The number of nitrogens with one attached hydrogen (secondary N) is 2. The molecule has 0 aliphatic carbocycles. The first-order chi connectivity index (χ1) is 13.2. The maximum Gasteiger partial charge on any atom is 0.291 e. The van der Waals surface area contributed by atoms with Gasteiger partial charge >= 0.3 is 0 Å². The molecule has 3 rings (SSSR count). The van der Waals surface area contributed by atoms with Crippen molar-refractivity contribution in [3.63, 3.8) is 0 Å². The molecule has 0 saturated carbocycles. The molecule has 138 valence electrons. The maximum atomic E-state index is 12.5. The third-order valence-corrected chi connectivity index (χ3v) is 5.08. The van der Waals surface area contributed by atoms with Gasteiger partial charge in [-0.05, 0) is 48.9 Å². The van der Waals surface area contributed by atoms with Gasteiger partial charge in [0.1, 0.15) is 0 Å². The van der Waals surface area contributed by atoms with E-state index in [1.807, 2.05) is 25.1 Å². The summed E-state index contributed by atoms with van der Waals surface area (Å²) in [7, 11) is 0. The normalized spacial score (nSPS) is 11.6. The molecule has 0 aliphatic rings. The highest BCUT2D eigenvalue weighted by Crippen LogP contribution is 2.28. The molecule has 2 heterocycles. The fourth-order valence-corrected chi connectivity index (χ4v) is 3.41. The molecule has 7 heteroatoms. The molecule has 2 N–H and O–H groups in total. The van der Waals surface area contributed by atoms with Crippen LogP contribution in [0.3, 0.4) is 0 Å². The van der Waals surface area contributed by atoms with Crippen molar-refractivity contribution in [2.24, 2.45) is 0 Å². The Morgan fingerprint density at radius 1 is 1.07 bits per heavy atom. The zero-order valence-electron chi connectivity index (χ0n) is 14.7. The third-order valence-electron chi connectivity index (χ3n) is 3.73. The number of rotatable bonds is 7. The van der Waals surface area contributed by atoms with Gasteiger partial charge < -0.3 is 15.1 Å². The first-order valence-electron chi connectivity index (χ1n) is 8.48. The first-order valence-corrected chi connectivity index (χ1v) is 9.36. The lowest BCUT2D eigenvalue weighted by molar-refractivity contribution is -0.115. The molecular formula is C20H19N3O3S. The van der Waals surface area contributed by atoms with Crippen LogP contribution in [0, 0.1) is 0 Å². The molecule has 6 nitrogen and oxygen atoms in total. The van der Waals surface area contributed by atoms with Crippen LogP contribution in [-0.4, -0.2) is 22.0 Å². The fraction of sp³-hybridized carbons (Fsp3) is 0.150. The van der Waals surface area contributed by atoms with Crippen molar-refractivity contribution < 1.29 is 14.0 Å². The number of benzene rings is 1. The average Bonchev–Trinajstić information content (AvgIpc) is 3.22. The van der Waals surface area contributed by atoms with Crippen molar-refractivity contribution >= 4 is 35.0 Å². The average molecular weight is 381 g/mol. The summed E-state index contributed by atoms with van der Waals surface area (Å²) in [5.74, 6) is -0.139. The van der Waals surface area contributed by atoms with E-state index in [-0.39, 0.29) is 22.8 Å². The van der Waals surface area contributed by atoms with Crippen LogP contribution in [-0.2, 0) is 4.79 Å². The van der Waals surface area contributed by atoms with Crippen LogP contribution >= 0.6 is 11.8 Å². The van der Waals surface area contributed by atoms with Gasteiger partial charge in [0.05, 0.1) is 11.5 Å². The number of nitrogens with zero attached hydrogens (tertiary/aromatic N) is 1. The molecule has 1 aromatic carbocycles. The highest BCUT2D eigenvalue weighted by atomic mass is 32.2. The van der Waals surface area contributed by atoms with Crippen molar-refractivity contribution in [3.8, 4) is 0 Å². The number of hydrogen-bond donors (Lipinski definition) is 2. The van der Waals surface area contributed by atoms with Gasteiger partial charge in [-0.3, -0.25) is 14.6 Å². The fourth-order valence-electron chi connectivity index (χ4n) is 2.39. The molecule has 0 saturated heterocycles. The second-order valence-corrected chi connectivity index (χ2v) is 6.98. The van der Waals surface area contributed by atoms with Crippen LogP contribution in [0.15, 0.2) is 76.5 Å². The summed E-state index contributed by atoms with van der Waals surface area (Å²) in [4.78, 5) is 29.5. The lowest BCUT2D eigenvalue weighted by Gasteiger charge is -2.15. The van der Waals surface area contributed by atoms with Crippen molar-refractivity contribution in [1.29, 1.82) is 0 Å². The Balaban J connectivity index is 1.65. The Hall–Kier alpha value is -3.06. The number of furan rings is 1. The number of aromatic nitrogens is 1. The standard InChI is InChI=1S/C20H19N3O3S/c1-2-18(20(25)22-14-8-10-21-11-9-14)27-16-6-3-5-15(13-16)23-19(24)17-7-4-12-26-17/h3-13,18H,2H2,1H3,(H,23,24)(H,21,22,25). The number of amides is 2. The lowest BCUT2D eigenvalue weighted by Crippen LogP contribution is -2.24. The minimum atomic E-state index is -0.315. The van der Waals surface area contributed by atoms with Crippen LogP contribution < -0.4 is 10.6 Å². The summed E-state index contributed by atoms with van der Waals surface area (Å²) in [6, 6.07) is 14.2. The van der Waals surface area contributed by atoms with Gasteiger partial charge in [-0.2, -0.15) is 0 Å². The van der Waals surface area contributed by atoms with Crippen LogP contribution in [0.1, 0.15) is 23.9 Å². The monoisotopic (exact) mass is 381 g/mol. The second-order valence-electron chi connectivity index (χ2n) is 5.70. The number of pyridine rings is 1. The van der Waals surface area contributed by atoms with Gasteiger partial charge in [-0.15, -0.1) is 11.8 Å². The Labute approximate surface area is 161 Å². The Bertz CT molecular complexity index is 898. The predicted molar refractivity (Wildman–Crippen MR) is 106 cm³/mol. The summed E-state index contributed by atoms with van der Waals surface area (Å²) in [6.45, 7) is 1.96. The summed E-state index contributed by atoms with van der Waals surface area (Å²) >= 11 is 1.45. The molecule has 0 fully saturated rings. The highest BCUT2D eigenvalue weighted by Gasteiger charge is 2.18. The maximum absolute atomic E-state index is 12.5. The first kappa shape index (κ1) is 18.7. The van der Waals surface area contributed by atoms with Gasteiger partial charge in [0.2, 0.25) is 5.91 Å². The van der Waals surface area contributed by atoms with Crippen LogP contribution in [0.25, 0.3) is 0 Å². The molecule has 1 unspecified atom stereocenters. The van der Waals surface area contributed by atoms with E-state index in [1.165, 1.54) is 18.0 Å². The number of carbonyl (C=O) groups is 2. The van der Waals surface area contributed by atoms with Gasteiger partial charge in [0, 0.05) is 28.7 Å². The minimum Gasteiger partial charge on any atom is -0.459 e. The SMILES string of the molecule is CCC(Sc1cccc(NC(=O)c2ccco2)c1)C(=O)Nc1ccncc1. The van der Waals surface area contributed by atoms with Gasteiger partial charge in [0.15, 0.2) is 5.76 Å². The van der Waals surface area contributed by atoms with E-state index in [0.29, 0.717) is 17.8 Å². The van der Waals surface area contributed by atoms with Gasteiger partial charge in [-0.1, -0.05) is 13.0 Å². The molecule has 0 radical (unpaired) electrons. The highest BCUT2D eigenvalue weighted by molar-refractivity contribution is 8.00. The van der Waals surface area contributed by atoms with Crippen molar-refractivity contribution in [3.05, 3.63) is 72.9 Å². The smallest absolute Gasteiger partial charge is 0.291 e. The number of hydrogen-bond acceptors (Lipinski definition) is 5. The van der Waals surface area contributed by atoms with E-state index < -0.39 is 0 Å². The van der Waals surface area contributed by atoms with Crippen LogP contribution in [0.5, 0.6) is 0 Å². The number of carbonyl (C=O) groups excluding carboxylic acids is 2. The third kappa shape index (κ3) is 5.21. The topological polar surface area (TPSA) is 84.2 Å². The van der Waals surface area contributed by atoms with E-state index in [2.05, 4.69) is 15.6 Å². The van der Waals surface area contributed by atoms with E-state index >= 15 is 0 Å². The van der Waals surface area contributed by atoms with E-state index in [1.54, 1.807) is 42.7 Å². The summed E-state index contributed by atoms with van der Waals surface area (Å²) in [5.41, 5.74) is 1.36. The minimum absolute atomic E-state index is 0.0706. The quantitative estimate of drug-likeness (QED) is 0.591. The van der Waals surface area contributed by atoms with Gasteiger partial charge in [0.25, 0.3) is 5.91 Å².